The van der Waals surface area contributed by atoms with Crippen LogP contribution in [0, 0.1) is 0 Å². The monoisotopic (exact) mass is 794 g/mol. The Morgan fingerprint density at radius 3 is 1.36 bits per heavy atom. The third-order valence-corrected chi connectivity index (χ3v) is 13.0. The highest BCUT2D eigenvalue weighted by atomic mass is 32.1. The maximum Gasteiger partial charge on any atom is 0.164 e. The number of rotatable bonds is 6. The van der Waals surface area contributed by atoms with Gasteiger partial charge in [0.25, 0.3) is 0 Å². The molecule has 0 saturated carbocycles. The van der Waals surface area contributed by atoms with Crippen molar-refractivity contribution in [2.24, 2.45) is 0 Å². The van der Waals surface area contributed by atoms with Gasteiger partial charge in [-0.3, -0.25) is 0 Å². The Bertz CT molecular complexity index is 3550. The average molecular weight is 795 g/mol. The van der Waals surface area contributed by atoms with Crippen LogP contribution in [0.1, 0.15) is 0 Å². The summed E-state index contributed by atoms with van der Waals surface area (Å²) in [5, 5.41) is 9.80. The van der Waals surface area contributed by atoms with Crippen molar-refractivity contribution in [3.05, 3.63) is 206 Å². The lowest BCUT2D eigenvalue weighted by Crippen LogP contribution is -2.00. The van der Waals surface area contributed by atoms with Crippen molar-refractivity contribution < 1.29 is 0 Å². The third kappa shape index (κ3) is 5.97. The van der Waals surface area contributed by atoms with E-state index >= 15 is 0 Å². The Hall–Kier alpha value is -7.86. The normalized spacial score (nSPS) is 11.6. The number of para-hydroxylation sites is 1. The van der Waals surface area contributed by atoms with Gasteiger partial charge in [0.05, 0.1) is 11.2 Å². The van der Waals surface area contributed by atoms with Crippen LogP contribution in [0.15, 0.2) is 206 Å². The molecule has 3 aromatic heterocycles. The van der Waals surface area contributed by atoms with E-state index in [4.69, 9.17) is 19.9 Å². The summed E-state index contributed by atoms with van der Waals surface area (Å²) in [7, 11) is 0. The van der Waals surface area contributed by atoms with Gasteiger partial charge in [-0.05, 0) is 61.6 Å². The average Bonchev–Trinajstić information content (AvgIpc) is 3.76. The first-order valence-corrected chi connectivity index (χ1v) is 21.3. The van der Waals surface area contributed by atoms with Gasteiger partial charge < -0.3 is 0 Å². The summed E-state index contributed by atoms with van der Waals surface area (Å²) < 4.78 is 1.21. The maximum absolute atomic E-state index is 5.44. The quantitative estimate of drug-likeness (QED) is 0.157. The van der Waals surface area contributed by atoms with Gasteiger partial charge in [0, 0.05) is 48.2 Å². The van der Waals surface area contributed by atoms with E-state index in [1.54, 1.807) is 0 Å². The highest BCUT2D eigenvalue weighted by Crippen LogP contribution is 2.51. The van der Waals surface area contributed by atoms with Gasteiger partial charge in [-0.2, -0.15) is 0 Å². The molecule has 0 N–H and O–H groups in total. The molecule has 12 aromatic rings. The molecular formula is C56H34N4S. The van der Waals surface area contributed by atoms with Gasteiger partial charge >= 0.3 is 0 Å². The minimum atomic E-state index is 0.617. The van der Waals surface area contributed by atoms with E-state index in [9.17, 15) is 0 Å². The minimum absolute atomic E-state index is 0.617. The molecule has 0 bridgehead atoms. The molecule has 0 radical (unpaired) electrons. The van der Waals surface area contributed by atoms with E-state index in [0.29, 0.717) is 17.5 Å². The van der Waals surface area contributed by atoms with Crippen molar-refractivity contribution in [1.82, 2.24) is 19.9 Å². The van der Waals surface area contributed by atoms with Crippen molar-refractivity contribution in [2.75, 3.05) is 0 Å². The molecule has 0 amide bonds. The Morgan fingerprint density at radius 2 is 0.754 bits per heavy atom. The standard InChI is InChI=1S/C56H34N4S/c1-4-17-35(18-5-1)51-50-49(38-23-16-24-40(33-38)56-59-54(36-19-6-2-7-20-36)58-55(60-56)37-21-8-3-9-22-37)52(61-53(50)46-29-14-15-30-48(46)57-51)39-31-32-45-43-27-11-10-25-41(43)42-26-12-13-28-44(42)47(45)34-39/h1-34H. The van der Waals surface area contributed by atoms with Crippen molar-refractivity contribution in [3.8, 4) is 67.0 Å². The zero-order chi connectivity index (χ0) is 40.3. The summed E-state index contributed by atoms with van der Waals surface area (Å²) >= 11 is 1.85. The molecule has 0 spiro atoms. The van der Waals surface area contributed by atoms with Gasteiger partial charge in [-0.25, -0.2) is 19.9 Å². The summed E-state index contributed by atoms with van der Waals surface area (Å²) in [5.41, 5.74) is 9.18. The topological polar surface area (TPSA) is 51.6 Å². The first kappa shape index (κ1) is 35.1. The summed E-state index contributed by atoms with van der Waals surface area (Å²) in [6, 6.07) is 72.7. The number of benzene rings is 9. The third-order valence-electron chi connectivity index (χ3n) is 11.7. The second-order valence-corrected chi connectivity index (χ2v) is 16.3. The fourth-order valence-corrected chi connectivity index (χ4v) is 10.2. The van der Waals surface area contributed by atoms with E-state index < -0.39 is 0 Å². The Labute approximate surface area is 356 Å². The second-order valence-electron chi connectivity index (χ2n) is 15.3. The van der Waals surface area contributed by atoms with Crippen molar-refractivity contribution in [1.29, 1.82) is 0 Å². The van der Waals surface area contributed by atoms with Gasteiger partial charge in [-0.1, -0.05) is 188 Å². The second kappa shape index (κ2) is 14.5. The van der Waals surface area contributed by atoms with Crippen LogP contribution in [-0.4, -0.2) is 19.9 Å². The fourth-order valence-electron chi connectivity index (χ4n) is 8.87. The van der Waals surface area contributed by atoms with Crippen molar-refractivity contribution in [2.45, 2.75) is 0 Å². The largest absolute Gasteiger partial charge is 0.247 e. The van der Waals surface area contributed by atoms with E-state index in [1.165, 1.54) is 41.9 Å². The smallest absolute Gasteiger partial charge is 0.164 e. The first-order valence-electron chi connectivity index (χ1n) is 20.5. The van der Waals surface area contributed by atoms with Crippen LogP contribution in [-0.2, 0) is 0 Å². The number of aromatic nitrogens is 4. The van der Waals surface area contributed by atoms with Crippen LogP contribution >= 0.6 is 11.3 Å². The van der Waals surface area contributed by atoms with Crippen LogP contribution in [0.3, 0.4) is 0 Å². The molecule has 0 fully saturated rings. The molecule has 3 heterocycles. The SMILES string of the molecule is c1ccc(-c2nc(-c3ccccc3)nc(-c3cccc(-c4c(-c5ccc6c7ccccc7c7ccccc7c6c5)sc5c4c(-c4ccccc4)nc4ccccc45)c3)n2)cc1. The zero-order valence-corrected chi connectivity index (χ0v) is 33.6. The molecule has 0 saturated heterocycles. The molecule has 0 atom stereocenters. The fraction of sp³-hybridized carbons (Fsp3) is 0. The van der Waals surface area contributed by atoms with Crippen LogP contribution in [0.25, 0.3) is 120 Å². The molecule has 12 rings (SSSR count). The lowest BCUT2D eigenvalue weighted by Gasteiger charge is -2.14. The molecule has 0 aliphatic heterocycles. The number of thiophene rings is 1. The molecule has 5 heteroatoms. The maximum atomic E-state index is 5.44. The van der Waals surface area contributed by atoms with Gasteiger partial charge in [0.15, 0.2) is 17.5 Å². The molecule has 0 aliphatic carbocycles. The van der Waals surface area contributed by atoms with Gasteiger partial charge in [0.1, 0.15) is 0 Å². The Morgan fingerprint density at radius 1 is 0.295 bits per heavy atom. The summed E-state index contributed by atoms with van der Waals surface area (Å²) in [6.07, 6.45) is 0. The van der Waals surface area contributed by atoms with Crippen LogP contribution in [0.2, 0.25) is 0 Å². The predicted octanol–water partition coefficient (Wildman–Crippen LogP) is 15.1. The molecule has 0 unspecified atom stereocenters. The first-order chi connectivity index (χ1) is 30.2. The summed E-state index contributed by atoms with van der Waals surface area (Å²) in [5.74, 6) is 1.88. The zero-order valence-electron chi connectivity index (χ0n) is 32.8. The number of hydrogen-bond acceptors (Lipinski definition) is 5. The minimum Gasteiger partial charge on any atom is -0.247 e. The van der Waals surface area contributed by atoms with E-state index in [0.717, 1.165) is 60.9 Å². The number of fused-ring (bicyclic) bond motifs is 9. The summed E-state index contributed by atoms with van der Waals surface area (Å²) in [4.78, 5) is 21.9. The molecule has 61 heavy (non-hydrogen) atoms. The molecule has 0 aliphatic rings. The Balaban J connectivity index is 1.15. The van der Waals surface area contributed by atoms with Crippen LogP contribution in [0.4, 0.5) is 0 Å². The molecular weight excluding hydrogens is 761 g/mol. The predicted molar refractivity (Wildman–Crippen MR) is 256 cm³/mol. The number of nitrogens with zero attached hydrogens (tertiary/aromatic N) is 4. The van der Waals surface area contributed by atoms with Crippen molar-refractivity contribution >= 4 is 64.6 Å². The van der Waals surface area contributed by atoms with Gasteiger partial charge in [0.2, 0.25) is 0 Å². The highest BCUT2D eigenvalue weighted by Gasteiger charge is 2.24. The van der Waals surface area contributed by atoms with E-state index in [-0.39, 0.29) is 0 Å². The summed E-state index contributed by atoms with van der Waals surface area (Å²) in [6.45, 7) is 0. The number of hydrogen-bond donors (Lipinski definition) is 0. The van der Waals surface area contributed by atoms with Gasteiger partial charge in [-0.15, -0.1) is 11.3 Å². The number of pyridine rings is 1. The molecule has 9 aromatic carbocycles. The lowest BCUT2D eigenvalue weighted by molar-refractivity contribution is 1.07. The van der Waals surface area contributed by atoms with Crippen LogP contribution < -0.4 is 0 Å². The van der Waals surface area contributed by atoms with E-state index in [1.807, 2.05) is 72.0 Å². The highest BCUT2D eigenvalue weighted by molar-refractivity contribution is 7.24. The Kier molecular flexibility index (Phi) is 8.32. The lowest BCUT2D eigenvalue weighted by atomic mass is 9.91. The van der Waals surface area contributed by atoms with Crippen LogP contribution in [0.5, 0.6) is 0 Å². The van der Waals surface area contributed by atoms with E-state index in [2.05, 4.69) is 146 Å². The molecule has 284 valence electrons. The molecule has 4 nitrogen and oxygen atoms in total. The van der Waals surface area contributed by atoms with Crippen molar-refractivity contribution in [3.63, 3.8) is 0 Å².